The molecule has 1 saturated heterocycles. The molecule has 1 aliphatic heterocycles. The van der Waals surface area contributed by atoms with Crippen molar-refractivity contribution in [3.8, 4) is 0 Å². The van der Waals surface area contributed by atoms with Gasteiger partial charge < -0.3 is 23.8 Å². The zero-order chi connectivity index (χ0) is 23.2. The van der Waals surface area contributed by atoms with Crippen LogP contribution in [0, 0.1) is 28.6 Å². The third-order valence-corrected chi connectivity index (χ3v) is 10.3. The van der Waals surface area contributed by atoms with E-state index >= 15 is 0 Å². The van der Waals surface area contributed by atoms with Crippen molar-refractivity contribution in [2.75, 3.05) is 0 Å². The summed E-state index contributed by atoms with van der Waals surface area (Å²) in [5, 5.41) is 10.3. The van der Waals surface area contributed by atoms with Crippen LogP contribution in [0.2, 0.25) is 0 Å². The van der Waals surface area contributed by atoms with Gasteiger partial charge in [-0.05, 0) is 74.3 Å². The number of aliphatic hydroxyl groups is 1. The Bertz CT molecular complexity index is 1030. The summed E-state index contributed by atoms with van der Waals surface area (Å²) in [5.74, 6) is 0.161. The zero-order valence-electron chi connectivity index (χ0n) is 19.2. The molecule has 0 bridgehead atoms. The molecule has 1 aromatic rings. The number of rotatable bonds is 3. The molecular weight excluding hydrogens is 424 g/mol. The second kappa shape index (κ2) is 7.01. The van der Waals surface area contributed by atoms with Gasteiger partial charge in [0.15, 0.2) is 0 Å². The van der Waals surface area contributed by atoms with Crippen LogP contribution in [0.5, 0.6) is 0 Å². The van der Waals surface area contributed by atoms with E-state index < -0.39 is 22.7 Å². The van der Waals surface area contributed by atoms with Crippen molar-refractivity contribution in [2.45, 2.75) is 88.6 Å². The van der Waals surface area contributed by atoms with Crippen molar-refractivity contribution >= 4 is 12.3 Å². The van der Waals surface area contributed by atoms with Crippen LogP contribution in [-0.4, -0.2) is 41.3 Å². The molecule has 1 spiro atoms. The lowest BCUT2D eigenvalue weighted by Gasteiger charge is -2.60. The predicted molar refractivity (Wildman–Crippen MR) is 116 cm³/mol. The van der Waals surface area contributed by atoms with E-state index in [1.807, 2.05) is 0 Å². The minimum Gasteiger partial charge on any atom is -0.459 e. The number of carbonyl (C=O) groups is 2. The molecule has 178 valence electrons. The fourth-order valence-corrected chi connectivity index (χ4v) is 9.02. The summed E-state index contributed by atoms with van der Waals surface area (Å²) < 4.78 is 17.7. The highest BCUT2D eigenvalue weighted by atomic mass is 16.7. The maximum atomic E-state index is 12.7. The summed E-state index contributed by atoms with van der Waals surface area (Å²) in [5.41, 5.74) is -0.700. The van der Waals surface area contributed by atoms with Crippen LogP contribution in [0.4, 0.5) is 0 Å². The first-order chi connectivity index (χ1) is 15.8. The first kappa shape index (κ1) is 21.5. The van der Waals surface area contributed by atoms with Gasteiger partial charge in [0.05, 0.1) is 12.4 Å². The lowest BCUT2D eigenvalue weighted by Crippen LogP contribution is -2.59. The van der Waals surface area contributed by atoms with E-state index in [0.29, 0.717) is 12.8 Å². The summed E-state index contributed by atoms with van der Waals surface area (Å²) in [6.45, 7) is 3.65. The largest absolute Gasteiger partial charge is 0.459 e. The van der Waals surface area contributed by atoms with Crippen LogP contribution >= 0.6 is 0 Å². The molecule has 0 aromatic carbocycles. The van der Waals surface area contributed by atoms with Crippen LogP contribution in [0.25, 0.3) is 0 Å². The third-order valence-electron chi connectivity index (χ3n) is 10.3. The Morgan fingerprint density at radius 3 is 2.70 bits per heavy atom. The van der Waals surface area contributed by atoms with Gasteiger partial charge in [-0.1, -0.05) is 6.92 Å². The number of carbonyl (C=O) groups excluding carboxylic acids is 2. The molecule has 7 nitrogen and oxygen atoms in total. The Balaban J connectivity index is 1.42. The van der Waals surface area contributed by atoms with Crippen molar-refractivity contribution in [1.82, 2.24) is 0 Å². The van der Waals surface area contributed by atoms with Gasteiger partial charge in [0.2, 0.25) is 0 Å². The fourth-order valence-electron chi connectivity index (χ4n) is 9.02. The van der Waals surface area contributed by atoms with Gasteiger partial charge in [-0.15, -0.1) is 0 Å². The topological polar surface area (TPSA) is 106 Å². The Morgan fingerprint density at radius 1 is 1.18 bits per heavy atom. The Hall–Kier alpha value is -1.99. The number of esters is 1. The normalized spacial score (nSPS) is 49.7. The van der Waals surface area contributed by atoms with Crippen LogP contribution in [-0.2, 0) is 19.1 Å². The number of hydrogen-bond donors (Lipinski definition) is 1. The maximum Gasteiger partial charge on any atom is 0.335 e. The molecule has 33 heavy (non-hydrogen) atoms. The standard InChI is InChI=1S/C26H32O7/c1-14(28)32-22-21(15-3-6-20(30)31-12-15)24(2)9-8-18-19(26(24)23(22)33-26)5-4-16-11-17(29)7-10-25(16,18)13-27/h3,6,12-13,16-19,21-23,29H,4-5,7-11H2,1-2H3/t16-,17+,18-,19-,21+,22+,23+,24-,25-,26-/m1/s1. The first-order valence-electron chi connectivity index (χ1n) is 12.3. The van der Waals surface area contributed by atoms with Crippen molar-refractivity contribution in [1.29, 1.82) is 0 Å². The highest BCUT2D eigenvalue weighted by molar-refractivity contribution is 5.67. The minimum absolute atomic E-state index is 0.136. The highest BCUT2D eigenvalue weighted by Gasteiger charge is 2.85. The molecule has 0 radical (unpaired) electrons. The van der Waals surface area contributed by atoms with Gasteiger partial charge in [0, 0.05) is 29.7 Å². The lowest BCUT2D eigenvalue weighted by atomic mass is 9.44. The second-order valence-electron chi connectivity index (χ2n) is 11.4. The third kappa shape index (κ3) is 2.66. The SMILES string of the molecule is CC(=O)O[C@@H]1[C@@H]2O[C@]23[C@@H]2CC[C@@H]4C[C@@H](O)CC[C@]4(C=O)[C@@H]2CC[C@]3(C)[C@H]1c1ccc(=O)oc1. The van der Waals surface area contributed by atoms with Crippen LogP contribution < -0.4 is 5.63 Å². The molecule has 10 atom stereocenters. The number of ether oxygens (including phenoxy) is 2. The quantitative estimate of drug-likeness (QED) is 0.423. The lowest BCUT2D eigenvalue weighted by molar-refractivity contribution is -0.164. The van der Waals surface area contributed by atoms with E-state index in [1.54, 1.807) is 6.07 Å². The van der Waals surface area contributed by atoms with E-state index in [4.69, 9.17) is 13.9 Å². The van der Waals surface area contributed by atoms with Gasteiger partial charge in [0.1, 0.15) is 24.1 Å². The van der Waals surface area contributed by atoms with Crippen LogP contribution in [0.3, 0.4) is 0 Å². The molecule has 1 aromatic heterocycles. The van der Waals surface area contributed by atoms with Gasteiger partial charge in [0.25, 0.3) is 0 Å². The number of aliphatic hydroxyl groups excluding tert-OH is 1. The van der Waals surface area contributed by atoms with Crippen molar-refractivity contribution in [2.24, 2.45) is 28.6 Å². The molecule has 5 fully saturated rings. The summed E-state index contributed by atoms with van der Waals surface area (Å²) in [4.78, 5) is 36.4. The fraction of sp³-hybridized carbons (Fsp3) is 0.731. The van der Waals surface area contributed by atoms with E-state index in [1.165, 1.54) is 25.5 Å². The van der Waals surface area contributed by atoms with Gasteiger partial charge in [-0.3, -0.25) is 4.79 Å². The molecular formula is C26H32O7. The molecule has 7 heteroatoms. The van der Waals surface area contributed by atoms with Gasteiger partial charge >= 0.3 is 11.6 Å². The molecule has 2 heterocycles. The van der Waals surface area contributed by atoms with E-state index in [-0.39, 0.29) is 47.3 Å². The predicted octanol–water partition coefficient (Wildman–Crippen LogP) is 2.98. The summed E-state index contributed by atoms with van der Waals surface area (Å²) in [6, 6.07) is 3.21. The molecule has 1 N–H and O–H groups in total. The Kier molecular flexibility index (Phi) is 4.58. The summed E-state index contributed by atoms with van der Waals surface area (Å²) >= 11 is 0. The highest BCUT2D eigenvalue weighted by Crippen LogP contribution is 2.78. The van der Waals surface area contributed by atoms with Crippen molar-refractivity contribution in [3.05, 3.63) is 34.4 Å². The van der Waals surface area contributed by atoms with Crippen molar-refractivity contribution in [3.63, 3.8) is 0 Å². The Labute approximate surface area is 192 Å². The number of fused-ring (bicyclic) bond motifs is 3. The Morgan fingerprint density at radius 2 is 2.00 bits per heavy atom. The number of epoxide rings is 1. The molecule has 0 amide bonds. The minimum atomic E-state index is -0.451. The first-order valence-corrected chi connectivity index (χ1v) is 12.3. The number of hydrogen-bond acceptors (Lipinski definition) is 7. The molecule has 0 unspecified atom stereocenters. The van der Waals surface area contributed by atoms with E-state index in [0.717, 1.165) is 37.7 Å². The summed E-state index contributed by atoms with van der Waals surface area (Å²) in [6.07, 6.45) is 7.47. The molecule has 5 aliphatic rings. The van der Waals surface area contributed by atoms with Crippen LogP contribution in [0.1, 0.15) is 70.3 Å². The average molecular weight is 457 g/mol. The molecule has 4 aliphatic carbocycles. The van der Waals surface area contributed by atoms with Crippen LogP contribution in [0.15, 0.2) is 27.6 Å². The molecule has 6 rings (SSSR count). The maximum absolute atomic E-state index is 12.7. The van der Waals surface area contributed by atoms with Gasteiger partial charge in [-0.2, -0.15) is 0 Å². The second-order valence-corrected chi connectivity index (χ2v) is 11.4. The molecule has 4 saturated carbocycles. The number of aldehydes is 1. The average Bonchev–Trinajstić information content (AvgIpc) is 3.49. The van der Waals surface area contributed by atoms with E-state index in [9.17, 15) is 19.5 Å². The van der Waals surface area contributed by atoms with Crippen molar-refractivity contribution < 1.29 is 28.6 Å². The van der Waals surface area contributed by atoms with E-state index in [2.05, 4.69) is 6.92 Å². The smallest absolute Gasteiger partial charge is 0.335 e. The zero-order valence-corrected chi connectivity index (χ0v) is 19.2. The monoisotopic (exact) mass is 456 g/mol. The van der Waals surface area contributed by atoms with Gasteiger partial charge in [-0.25, -0.2) is 4.79 Å². The summed E-state index contributed by atoms with van der Waals surface area (Å²) in [7, 11) is 0.